The van der Waals surface area contributed by atoms with Crippen LogP contribution in [-0.2, 0) is 0 Å². The number of rotatable bonds is 6. The SMILES string of the molecule is COc1ccc(-c2oc(OC3CCC3)nc2-c2ccc(OC)nc2)cc1. The van der Waals surface area contributed by atoms with Gasteiger partial charge in [-0.1, -0.05) is 0 Å². The summed E-state index contributed by atoms with van der Waals surface area (Å²) in [6.45, 7) is 0. The molecule has 0 saturated heterocycles. The van der Waals surface area contributed by atoms with E-state index in [2.05, 4.69) is 9.97 Å². The molecule has 1 aliphatic rings. The predicted molar refractivity (Wildman–Crippen MR) is 96.5 cm³/mol. The van der Waals surface area contributed by atoms with Crippen LogP contribution in [0.15, 0.2) is 47.0 Å². The fourth-order valence-corrected chi connectivity index (χ4v) is 2.76. The van der Waals surface area contributed by atoms with E-state index in [1.165, 1.54) is 6.42 Å². The van der Waals surface area contributed by atoms with Gasteiger partial charge in [-0.2, -0.15) is 4.98 Å². The van der Waals surface area contributed by atoms with Gasteiger partial charge >= 0.3 is 6.08 Å². The fourth-order valence-electron chi connectivity index (χ4n) is 2.76. The zero-order valence-electron chi connectivity index (χ0n) is 14.8. The standard InChI is InChI=1S/C20H20N2O4/c1-23-15-9-6-13(7-10-15)19-18(14-8-11-17(24-2)21-12-14)22-20(26-19)25-16-4-3-5-16/h6-12,16H,3-5H2,1-2H3. The Kier molecular flexibility index (Phi) is 4.48. The van der Waals surface area contributed by atoms with Crippen molar-refractivity contribution in [1.29, 1.82) is 0 Å². The third-order valence-electron chi connectivity index (χ3n) is 4.50. The topological polar surface area (TPSA) is 66.6 Å². The monoisotopic (exact) mass is 352 g/mol. The second kappa shape index (κ2) is 7.07. The van der Waals surface area contributed by atoms with Gasteiger partial charge in [0.15, 0.2) is 5.76 Å². The molecule has 0 N–H and O–H groups in total. The first-order valence-corrected chi connectivity index (χ1v) is 8.59. The van der Waals surface area contributed by atoms with Gasteiger partial charge in [-0.05, 0) is 49.6 Å². The van der Waals surface area contributed by atoms with Crippen molar-refractivity contribution in [1.82, 2.24) is 9.97 Å². The maximum Gasteiger partial charge on any atom is 0.394 e. The van der Waals surface area contributed by atoms with Gasteiger partial charge in [0.25, 0.3) is 0 Å². The number of aromatic nitrogens is 2. The second-order valence-electron chi connectivity index (χ2n) is 6.15. The molecular weight excluding hydrogens is 332 g/mol. The zero-order valence-corrected chi connectivity index (χ0v) is 14.8. The van der Waals surface area contributed by atoms with Crippen molar-refractivity contribution < 1.29 is 18.6 Å². The summed E-state index contributed by atoms with van der Waals surface area (Å²) in [6.07, 6.45) is 5.48. The highest BCUT2D eigenvalue weighted by Crippen LogP contribution is 2.37. The minimum Gasteiger partial charge on any atom is -0.497 e. The number of pyridine rings is 1. The molecule has 2 heterocycles. The molecule has 4 rings (SSSR count). The number of ether oxygens (including phenoxy) is 3. The molecule has 0 bridgehead atoms. The number of nitrogens with zero attached hydrogens (tertiary/aromatic N) is 2. The highest BCUT2D eigenvalue weighted by molar-refractivity contribution is 5.77. The summed E-state index contributed by atoms with van der Waals surface area (Å²) in [4.78, 5) is 8.84. The van der Waals surface area contributed by atoms with Crippen LogP contribution in [0.1, 0.15) is 19.3 Å². The average Bonchev–Trinajstić information content (AvgIpc) is 3.09. The Morgan fingerprint density at radius 3 is 2.31 bits per heavy atom. The van der Waals surface area contributed by atoms with Crippen molar-refractivity contribution in [2.24, 2.45) is 0 Å². The molecule has 1 aromatic carbocycles. The Hall–Kier alpha value is -3.02. The van der Waals surface area contributed by atoms with Gasteiger partial charge in [0.2, 0.25) is 5.88 Å². The first kappa shape index (κ1) is 16.4. The minimum absolute atomic E-state index is 0.194. The highest BCUT2D eigenvalue weighted by Gasteiger charge is 2.24. The summed E-state index contributed by atoms with van der Waals surface area (Å²) in [5, 5.41) is 0. The van der Waals surface area contributed by atoms with E-state index >= 15 is 0 Å². The molecule has 0 unspecified atom stereocenters. The third-order valence-corrected chi connectivity index (χ3v) is 4.50. The Bertz CT molecular complexity index is 803. The first-order chi connectivity index (χ1) is 12.8. The smallest absolute Gasteiger partial charge is 0.394 e. The number of benzene rings is 1. The van der Waals surface area contributed by atoms with Crippen LogP contribution in [0, 0.1) is 0 Å². The molecule has 1 fully saturated rings. The van der Waals surface area contributed by atoms with Crippen LogP contribution < -0.4 is 14.2 Å². The van der Waals surface area contributed by atoms with Gasteiger partial charge in [-0.3, -0.25) is 0 Å². The van der Waals surface area contributed by atoms with Crippen LogP contribution in [0.25, 0.3) is 22.6 Å². The number of oxazole rings is 1. The van der Waals surface area contributed by atoms with Crippen LogP contribution in [0.4, 0.5) is 0 Å². The molecule has 0 spiro atoms. The van der Waals surface area contributed by atoms with Crippen molar-refractivity contribution in [3.63, 3.8) is 0 Å². The van der Waals surface area contributed by atoms with E-state index in [0.717, 1.165) is 29.7 Å². The van der Waals surface area contributed by atoms with Crippen molar-refractivity contribution in [3.05, 3.63) is 42.6 Å². The molecule has 0 atom stereocenters. The number of methoxy groups -OCH3 is 2. The molecule has 0 radical (unpaired) electrons. The molecule has 6 nitrogen and oxygen atoms in total. The molecule has 0 aliphatic heterocycles. The zero-order chi connectivity index (χ0) is 17.9. The Morgan fingerprint density at radius 1 is 0.962 bits per heavy atom. The molecule has 2 aromatic heterocycles. The third kappa shape index (κ3) is 3.22. The van der Waals surface area contributed by atoms with E-state index in [-0.39, 0.29) is 6.10 Å². The molecule has 6 heteroatoms. The van der Waals surface area contributed by atoms with Gasteiger partial charge in [-0.15, -0.1) is 0 Å². The lowest BCUT2D eigenvalue weighted by atomic mass is 9.96. The Balaban J connectivity index is 1.73. The summed E-state index contributed by atoms with van der Waals surface area (Å²) in [6, 6.07) is 11.4. The van der Waals surface area contributed by atoms with Crippen LogP contribution in [0.5, 0.6) is 17.7 Å². The van der Waals surface area contributed by atoms with Crippen LogP contribution in [-0.4, -0.2) is 30.3 Å². The van der Waals surface area contributed by atoms with E-state index in [9.17, 15) is 0 Å². The van der Waals surface area contributed by atoms with E-state index < -0.39 is 0 Å². The fraction of sp³-hybridized carbons (Fsp3) is 0.300. The van der Waals surface area contributed by atoms with Crippen LogP contribution >= 0.6 is 0 Å². The van der Waals surface area contributed by atoms with Gasteiger partial charge in [-0.25, -0.2) is 4.98 Å². The van der Waals surface area contributed by atoms with Crippen molar-refractivity contribution >= 4 is 0 Å². The molecule has 0 amide bonds. The Labute approximate surface area is 151 Å². The normalized spacial score (nSPS) is 13.9. The molecule has 1 aliphatic carbocycles. The van der Waals surface area contributed by atoms with Crippen molar-refractivity contribution in [2.75, 3.05) is 14.2 Å². The molecule has 1 saturated carbocycles. The van der Waals surface area contributed by atoms with E-state index in [4.69, 9.17) is 18.6 Å². The Morgan fingerprint density at radius 2 is 1.73 bits per heavy atom. The van der Waals surface area contributed by atoms with E-state index in [1.54, 1.807) is 26.5 Å². The summed E-state index contributed by atoms with van der Waals surface area (Å²) >= 11 is 0. The number of hydrogen-bond donors (Lipinski definition) is 0. The van der Waals surface area contributed by atoms with Gasteiger partial charge in [0, 0.05) is 23.4 Å². The summed E-state index contributed by atoms with van der Waals surface area (Å²) in [5.41, 5.74) is 2.43. The van der Waals surface area contributed by atoms with Crippen LogP contribution in [0.3, 0.4) is 0 Å². The first-order valence-electron chi connectivity index (χ1n) is 8.59. The second-order valence-corrected chi connectivity index (χ2v) is 6.15. The lowest BCUT2D eigenvalue weighted by Gasteiger charge is -2.23. The average molecular weight is 352 g/mol. The number of hydrogen-bond acceptors (Lipinski definition) is 6. The summed E-state index contributed by atoms with van der Waals surface area (Å²) in [7, 11) is 3.23. The maximum atomic E-state index is 5.96. The molecule has 26 heavy (non-hydrogen) atoms. The lowest BCUT2D eigenvalue weighted by Crippen LogP contribution is -2.24. The van der Waals surface area contributed by atoms with Gasteiger partial charge in [0.1, 0.15) is 17.5 Å². The maximum absolute atomic E-state index is 5.96. The lowest BCUT2D eigenvalue weighted by molar-refractivity contribution is 0.0843. The van der Waals surface area contributed by atoms with Crippen LogP contribution in [0.2, 0.25) is 0 Å². The van der Waals surface area contributed by atoms with Crippen molar-refractivity contribution in [2.45, 2.75) is 25.4 Å². The summed E-state index contributed by atoms with van der Waals surface area (Å²) in [5.74, 6) is 1.98. The molecule has 134 valence electrons. The van der Waals surface area contributed by atoms with E-state index in [0.29, 0.717) is 23.4 Å². The van der Waals surface area contributed by atoms with Crippen molar-refractivity contribution in [3.8, 4) is 40.3 Å². The van der Waals surface area contributed by atoms with Gasteiger partial charge in [0.05, 0.1) is 14.2 Å². The highest BCUT2D eigenvalue weighted by atomic mass is 16.6. The predicted octanol–water partition coefficient (Wildman–Crippen LogP) is 4.35. The summed E-state index contributed by atoms with van der Waals surface area (Å²) < 4.78 is 22.2. The molecular formula is C20H20N2O4. The van der Waals surface area contributed by atoms with Gasteiger partial charge < -0.3 is 18.6 Å². The van der Waals surface area contributed by atoms with E-state index in [1.807, 2.05) is 30.3 Å². The largest absolute Gasteiger partial charge is 0.497 e. The molecule has 3 aromatic rings. The quantitative estimate of drug-likeness (QED) is 0.657. The minimum atomic E-state index is 0.194.